The van der Waals surface area contributed by atoms with Crippen molar-refractivity contribution in [2.24, 2.45) is 11.3 Å². The van der Waals surface area contributed by atoms with Crippen molar-refractivity contribution >= 4 is 0 Å². The molecule has 1 aliphatic rings. The summed E-state index contributed by atoms with van der Waals surface area (Å²) in [5.74, 6) is 0.664. The Labute approximate surface area is 122 Å². The molecule has 120 valence electrons. The van der Waals surface area contributed by atoms with E-state index < -0.39 is 13.0 Å². The van der Waals surface area contributed by atoms with E-state index in [0.717, 1.165) is 38.6 Å². The van der Waals surface area contributed by atoms with Crippen LogP contribution in [0.4, 0.5) is 8.78 Å². The van der Waals surface area contributed by atoms with Crippen molar-refractivity contribution in [3.63, 3.8) is 0 Å². The van der Waals surface area contributed by atoms with Crippen LogP contribution in [0.25, 0.3) is 0 Å². The molecule has 4 heteroatoms. The summed E-state index contributed by atoms with van der Waals surface area (Å²) in [7, 11) is 0. The van der Waals surface area contributed by atoms with E-state index in [1.54, 1.807) is 0 Å². The zero-order chi connectivity index (χ0) is 15.2. The molecule has 0 unspecified atom stereocenters. The summed E-state index contributed by atoms with van der Waals surface area (Å²) in [5.41, 5.74) is -0.0843. The van der Waals surface area contributed by atoms with Crippen LogP contribution >= 0.6 is 0 Å². The summed E-state index contributed by atoms with van der Waals surface area (Å²) < 4.78 is 30.6. The summed E-state index contributed by atoms with van der Waals surface area (Å²) in [6.07, 6.45) is 2.59. The third kappa shape index (κ3) is 5.65. The lowest BCUT2D eigenvalue weighted by molar-refractivity contribution is -0.116. The lowest BCUT2D eigenvalue weighted by Gasteiger charge is -2.44. The zero-order valence-electron chi connectivity index (χ0n) is 13.5. The maximum atomic E-state index is 12.5. The van der Waals surface area contributed by atoms with E-state index in [0.29, 0.717) is 17.9 Å². The number of nitrogens with one attached hydrogen (secondary N) is 1. The van der Waals surface area contributed by atoms with E-state index in [9.17, 15) is 8.78 Å². The second-order valence-corrected chi connectivity index (χ2v) is 7.20. The predicted molar refractivity (Wildman–Crippen MR) is 79.3 cm³/mol. The first-order valence-corrected chi connectivity index (χ1v) is 7.92. The van der Waals surface area contributed by atoms with E-state index >= 15 is 0 Å². The van der Waals surface area contributed by atoms with Crippen molar-refractivity contribution in [2.75, 3.05) is 19.7 Å². The van der Waals surface area contributed by atoms with Gasteiger partial charge in [-0.25, -0.2) is 8.78 Å². The number of hydrogen-bond donors (Lipinski definition) is 1. The molecule has 0 heterocycles. The van der Waals surface area contributed by atoms with Crippen molar-refractivity contribution in [2.45, 2.75) is 71.8 Å². The number of ether oxygens (including phenoxy) is 1. The minimum atomic E-state index is -2.38. The molecule has 0 radical (unpaired) electrons. The fraction of sp³-hybridized carbons (Fsp3) is 1.00. The summed E-state index contributed by atoms with van der Waals surface area (Å²) in [4.78, 5) is 0. The minimum absolute atomic E-state index is 0.297. The van der Waals surface area contributed by atoms with E-state index in [1.165, 1.54) is 0 Å². The monoisotopic (exact) mass is 291 g/mol. The number of halogens is 2. The van der Waals surface area contributed by atoms with Gasteiger partial charge in [0, 0.05) is 6.54 Å². The Morgan fingerprint density at radius 2 is 1.85 bits per heavy atom. The first-order chi connectivity index (χ1) is 9.29. The molecule has 2 nitrogen and oxygen atoms in total. The normalized spacial score (nSPS) is 28.1. The molecule has 20 heavy (non-hydrogen) atoms. The number of hydrogen-bond acceptors (Lipinski definition) is 2. The number of rotatable bonds is 7. The van der Waals surface area contributed by atoms with Gasteiger partial charge in [-0.15, -0.1) is 0 Å². The van der Waals surface area contributed by atoms with Crippen molar-refractivity contribution < 1.29 is 13.5 Å². The SMILES string of the molecule is CCCNCC1(OCC(F)F)CCC(C(C)(C)C)CC1. The van der Waals surface area contributed by atoms with Gasteiger partial charge in [-0.1, -0.05) is 27.7 Å². The van der Waals surface area contributed by atoms with E-state index in [1.807, 2.05) is 0 Å². The van der Waals surface area contributed by atoms with Crippen LogP contribution in [0.1, 0.15) is 59.8 Å². The Bertz CT molecular complexity index is 268. The van der Waals surface area contributed by atoms with E-state index in [2.05, 4.69) is 33.0 Å². The number of alkyl halides is 2. The van der Waals surface area contributed by atoms with Crippen LogP contribution in [0.3, 0.4) is 0 Å². The van der Waals surface area contributed by atoms with Gasteiger partial charge in [0.25, 0.3) is 6.43 Å². The van der Waals surface area contributed by atoms with Gasteiger partial charge in [0.05, 0.1) is 5.60 Å². The molecule has 1 fully saturated rings. The van der Waals surface area contributed by atoms with E-state index in [4.69, 9.17) is 4.74 Å². The Hall–Kier alpha value is -0.220. The van der Waals surface area contributed by atoms with Gasteiger partial charge < -0.3 is 10.1 Å². The molecule has 0 aliphatic heterocycles. The van der Waals surface area contributed by atoms with Crippen LogP contribution in [0.5, 0.6) is 0 Å². The lowest BCUT2D eigenvalue weighted by Crippen LogP contribution is -2.48. The lowest BCUT2D eigenvalue weighted by atomic mass is 9.68. The van der Waals surface area contributed by atoms with Crippen LogP contribution in [0.2, 0.25) is 0 Å². The molecule has 1 rings (SSSR count). The van der Waals surface area contributed by atoms with E-state index in [-0.39, 0.29) is 5.60 Å². The van der Waals surface area contributed by atoms with Gasteiger partial charge in [-0.2, -0.15) is 0 Å². The molecule has 0 bridgehead atoms. The molecule has 0 aromatic carbocycles. The van der Waals surface area contributed by atoms with Gasteiger partial charge in [0.15, 0.2) is 0 Å². The molecular formula is C16H31F2NO. The first-order valence-electron chi connectivity index (χ1n) is 7.92. The Kier molecular flexibility index (Phi) is 6.86. The highest BCUT2D eigenvalue weighted by molar-refractivity contribution is 4.92. The van der Waals surface area contributed by atoms with Crippen LogP contribution < -0.4 is 5.32 Å². The summed E-state index contributed by atoms with van der Waals surface area (Å²) in [6.45, 7) is 10.1. The fourth-order valence-corrected chi connectivity index (χ4v) is 3.11. The Morgan fingerprint density at radius 1 is 1.25 bits per heavy atom. The molecule has 0 spiro atoms. The smallest absolute Gasteiger partial charge is 0.261 e. The summed E-state index contributed by atoms with van der Waals surface area (Å²) in [6, 6.07) is 0. The van der Waals surface area contributed by atoms with Crippen LogP contribution in [-0.2, 0) is 4.74 Å². The molecule has 0 aromatic rings. The van der Waals surface area contributed by atoms with Crippen LogP contribution in [-0.4, -0.2) is 31.7 Å². The highest BCUT2D eigenvalue weighted by Crippen LogP contribution is 2.42. The quantitative estimate of drug-likeness (QED) is 0.708. The molecule has 0 amide bonds. The van der Waals surface area contributed by atoms with Crippen LogP contribution in [0.15, 0.2) is 0 Å². The molecule has 1 N–H and O–H groups in total. The second kappa shape index (κ2) is 7.69. The van der Waals surface area contributed by atoms with Crippen molar-refractivity contribution in [3.05, 3.63) is 0 Å². The largest absolute Gasteiger partial charge is 0.368 e. The predicted octanol–water partition coefficient (Wildman–Crippen LogP) is 4.24. The second-order valence-electron chi connectivity index (χ2n) is 7.20. The third-order valence-electron chi connectivity index (χ3n) is 4.51. The van der Waals surface area contributed by atoms with Crippen molar-refractivity contribution in [1.29, 1.82) is 0 Å². The summed E-state index contributed by atoms with van der Waals surface area (Å²) in [5, 5.41) is 3.35. The topological polar surface area (TPSA) is 21.3 Å². The average molecular weight is 291 g/mol. The minimum Gasteiger partial charge on any atom is -0.368 e. The van der Waals surface area contributed by atoms with Crippen LogP contribution in [0, 0.1) is 11.3 Å². The molecule has 1 aliphatic carbocycles. The summed E-state index contributed by atoms with van der Waals surface area (Å²) >= 11 is 0. The highest BCUT2D eigenvalue weighted by Gasteiger charge is 2.39. The maximum Gasteiger partial charge on any atom is 0.261 e. The Morgan fingerprint density at radius 3 is 2.30 bits per heavy atom. The van der Waals surface area contributed by atoms with Gasteiger partial charge in [-0.3, -0.25) is 0 Å². The molecule has 0 atom stereocenters. The van der Waals surface area contributed by atoms with Crippen molar-refractivity contribution in [3.8, 4) is 0 Å². The molecule has 1 saturated carbocycles. The first kappa shape index (κ1) is 17.8. The molecule has 0 saturated heterocycles. The fourth-order valence-electron chi connectivity index (χ4n) is 3.11. The standard InChI is InChI=1S/C16H31F2NO/c1-5-10-19-12-16(20-11-14(17)18)8-6-13(7-9-16)15(2,3)4/h13-14,19H,5-12H2,1-4H3. The van der Waals surface area contributed by atoms with Gasteiger partial charge >= 0.3 is 0 Å². The molecule has 0 aromatic heterocycles. The Balaban J connectivity index is 2.57. The van der Waals surface area contributed by atoms with Gasteiger partial charge in [0.1, 0.15) is 6.61 Å². The van der Waals surface area contributed by atoms with Crippen molar-refractivity contribution in [1.82, 2.24) is 5.32 Å². The zero-order valence-corrected chi connectivity index (χ0v) is 13.5. The molecular weight excluding hydrogens is 260 g/mol. The average Bonchev–Trinajstić information content (AvgIpc) is 2.36. The maximum absolute atomic E-state index is 12.5. The van der Waals surface area contributed by atoms with Gasteiger partial charge in [0.2, 0.25) is 0 Å². The van der Waals surface area contributed by atoms with Gasteiger partial charge in [-0.05, 0) is 50.0 Å². The third-order valence-corrected chi connectivity index (χ3v) is 4.51. The highest BCUT2D eigenvalue weighted by atomic mass is 19.3.